The first kappa shape index (κ1) is 17.7. The van der Waals surface area contributed by atoms with Gasteiger partial charge in [0.25, 0.3) is 5.91 Å². The SMILES string of the molecule is Cc1cc(C(=O)N(Cc2ccccc2)c2nc3c(C)ccc(Cl)c3s2)no1. The summed E-state index contributed by atoms with van der Waals surface area (Å²) in [5, 5.41) is 5.09. The second-order valence-corrected chi connectivity index (χ2v) is 7.62. The van der Waals surface area contributed by atoms with E-state index in [0.29, 0.717) is 22.5 Å². The smallest absolute Gasteiger partial charge is 0.282 e. The van der Waals surface area contributed by atoms with Crippen LogP contribution in [0.2, 0.25) is 5.02 Å². The van der Waals surface area contributed by atoms with Crippen molar-refractivity contribution in [1.82, 2.24) is 10.1 Å². The third-order valence-electron chi connectivity index (χ3n) is 4.19. The molecule has 136 valence electrons. The minimum absolute atomic E-state index is 0.255. The van der Waals surface area contributed by atoms with Crippen LogP contribution in [0.4, 0.5) is 5.13 Å². The average molecular weight is 398 g/mol. The fraction of sp³-hybridized carbons (Fsp3) is 0.150. The highest BCUT2D eigenvalue weighted by Gasteiger charge is 2.25. The summed E-state index contributed by atoms with van der Waals surface area (Å²) in [5.41, 5.74) is 3.07. The van der Waals surface area contributed by atoms with Crippen molar-refractivity contribution in [3.63, 3.8) is 0 Å². The van der Waals surface area contributed by atoms with E-state index in [0.717, 1.165) is 21.3 Å². The topological polar surface area (TPSA) is 59.2 Å². The molecule has 27 heavy (non-hydrogen) atoms. The molecule has 0 aliphatic rings. The van der Waals surface area contributed by atoms with E-state index in [4.69, 9.17) is 21.1 Å². The largest absolute Gasteiger partial charge is 0.361 e. The molecular weight excluding hydrogens is 382 g/mol. The molecule has 0 spiro atoms. The standard InChI is InChI=1S/C20H16ClN3O2S/c1-12-8-9-15(21)18-17(12)22-20(27-18)24(11-14-6-4-3-5-7-14)19(25)16-10-13(2)26-23-16/h3-10H,11H2,1-2H3. The van der Waals surface area contributed by atoms with Crippen LogP contribution < -0.4 is 4.90 Å². The van der Waals surface area contributed by atoms with Gasteiger partial charge in [0.1, 0.15) is 5.76 Å². The molecule has 0 unspecified atom stereocenters. The third-order valence-corrected chi connectivity index (χ3v) is 5.73. The number of anilines is 1. The maximum Gasteiger partial charge on any atom is 0.282 e. The number of halogens is 1. The van der Waals surface area contributed by atoms with Crippen LogP contribution in [-0.4, -0.2) is 16.0 Å². The van der Waals surface area contributed by atoms with Crippen LogP contribution in [-0.2, 0) is 6.54 Å². The molecule has 0 N–H and O–H groups in total. The minimum atomic E-state index is -0.261. The molecule has 0 radical (unpaired) electrons. The lowest BCUT2D eigenvalue weighted by Crippen LogP contribution is -2.30. The summed E-state index contributed by atoms with van der Waals surface area (Å²) in [5.74, 6) is 0.324. The molecule has 0 bridgehead atoms. The fourth-order valence-corrected chi connectivity index (χ4v) is 4.12. The van der Waals surface area contributed by atoms with Crippen molar-refractivity contribution >= 4 is 44.2 Å². The monoisotopic (exact) mass is 397 g/mol. The minimum Gasteiger partial charge on any atom is -0.361 e. The number of fused-ring (bicyclic) bond motifs is 1. The van der Waals surface area contributed by atoms with Gasteiger partial charge in [-0.05, 0) is 31.0 Å². The highest BCUT2D eigenvalue weighted by Crippen LogP contribution is 2.36. The molecule has 1 amide bonds. The number of aryl methyl sites for hydroxylation is 2. The zero-order chi connectivity index (χ0) is 19.0. The summed E-state index contributed by atoms with van der Waals surface area (Å²) in [4.78, 5) is 19.5. The molecule has 0 aliphatic carbocycles. The maximum absolute atomic E-state index is 13.1. The Morgan fingerprint density at radius 3 is 2.63 bits per heavy atom. The summed E-state index contributed by atoms with van der Waals surface area (Å²) in [6.45, 7) is 4.11. The number of aromatic nitrogens is 2. The van der Waals surface area contributed by atoms with Gasteiger partial charge in [0.15, 0.2) is 10.8 Å². The summed E-state index contributed by atoms with van der Waals surface area (Å²) < 4.78 is 5.95. The highest BCUT2D eigenvalue weighted by molar-refractivity contribution is 7.23. The van der Waals surface area contributed by atoms with Crippen LogP contribution in [0.25, 0.3) is 10.2 Å². The van der Waals surface area contributed by atoms with Gasteiger partial charge in [-0.1, -0.05) is 64.5 Å². The Morgan fingerprint density at radius 1 is 1.19 bits per heavy atom. The van der Waals surface area contributed by atoms with Crippen molar-refractivity contribution in [3.8, 4) is 0 Å². The van der Waals surface area contributed by atoms with Crippen molar-refractivity contribution in [2.45, 2.75) is 20.4 Å². The predicted molar refractivity (Wildman–Crippen MR) is 108 cm³/mol. The molecule has 2 heterocycles. The first-order valence-electron chi connectivity index (χ1n) is 8.37. The molecule has 5 nitrogen and oxygen atoms in total. The number of rotatable bonds is 4. The normalized spacial score (nSPS) is 11.1. The summed E-state index contributed by atoms with van der Waals surface area (Å²) >= 11 is 7.75. The Hall–Kier alpha value is -2.70. The van der Waals surface area contributed by atoms with Gasteiger partial charge in [-0.2, -0.15) is 0 Å². The fourth-order valence-electron chi connectivity index (χ4n) is 2.80. The van der Waals surface area contributed by atoms with Gasteiger partial charge >= 0.3 is 0 Å². The van der Waals surface area contributed by atoms with Crippen molar-refractivity contribution in [2.24, 2.45) is 0 Å². The number of benzene rings is 2. The van der Waals surface area contributed by atoms with Crippen LogP contribution in [0.1, 0.15) is 27.4 Å². The molecule has 0 saturated carbocycles. The third kappa shape index (κ3) is 3.46. The molecular formula is C20H16ClN3O2S. The number of nitrogens with zero attached hydrogens (tertiary/aromatic N) is 3. The quantitative estimate of drug-likeness (QED) is 0.462. The van der Waals surface area contributed by atoms with E-state index in [1.54, 1.807) is 17.9 Å². The Kier molecular flexibility index (Phi) is 4.68. The van der Waals surface area contributed by atoms with E-state index in [2.05, 4.69) is 5.16 Å². The van der Waals surface area contributed by atoms with Crippen LogP contribution in [0.5, 0.6) is 0 Å². The summed E-state index contributed by atoms with van der Waals surface area (Å²) in [6.07, 6.45) is 0. The Balaban J connectivity index is 1.81. The lowest BCUT2D eigenvalue weighted by molar-refractivity contribution is 0.0976. The number of carbonyl (C=O) groups is 1. The molecule has 2 aromatic heterocycles. The second-order valence-electron chi connectivity index (χ2n) is 6.24. The number of thiazole rings is 1. The van der Waals surface area contributed by atoms with Gasteiger partial charge < -0.3 is 4.52 Å². The van der Waals surface area contributed by atoms with E-state index in [9.17, 15) is 4.79 Å². The zero-order valence-corrected chi connectivity index (χ0v) is 16.3. The lowest BCUT2D eigenvalue weighted by atomic mass is 10.2. The Morgan fingerprint density at radius 2 is 1.96 bits per heavy atom. The Labute approximate surface area is 165 Å². The molecule has 0 saturated heterocycles. The predicted octanol–water partition coefficient (Wildman–Crippen LogP) is 5.40. The summed E-state index contributed by atoms with van der Waals surface area (Å²) in [7, 11) is 0. The van der Waals surface area contributed by atoms with E-state index >= 15 is 0 Å². The van der Waals surface area contributed by atoms with Gasteiger partial charge in [0.05, 0.1) is 21.8 Å². The first-order chi connectivity index (χ1) is 13.0. The van der Waals surface area contributed by atoms with E-state index < -0.39 is 0 Å². The molecule has 7 heteroatoms. The van der Waals surface area contributed by atoms with Crippen molar-refractivity contribution in [2.75, 3.05) is 4.90 Å². The van der Waals surface area contributed by atoms with Gasteiger partial charge in [0, 0.05) is 6.07 Å². The van der Waals surface area contributed by atoms with Crippen molar-refractivity contribution in [3.05, 3.63) is 76.1 Å². The second kappa shape index (κ2) is 7.13. The molecule has 2 aromatic carbocycles. The number of hydrogen-bond donors (Lipinski definition) is 0. The van der Waals surface area contributed by atoms with Gasteiger partial charge in [-0.3, -0.25) is 9.69 Å². The van der Waals surface area contributed by atoms with Gasteiger partial charge in [0.2, 0.25) is 0 Å². The average Bonchev–Trinajstić information content (AvgIpc) is 3.30. The van der Waals surface area contributed by atoms with Crippen LogP contribution in [0, 0.1) is 13.8 Å². The lowest BCUT2D eigenvalue weighted by Gasteiger charge is -2.18. The van der Waals surface area contributed by atoms with Crippen molar-refractivity contribution < 1.29 is 9.32 Å². The first-order valence-corrected chi connectivity index (χ1v) is 9.57. The summed E-state index contributed by atoms with van der Waals surface area (Å²) in [6, 6.07) is 15.2. The van der Waals surface area contributed by atoms with Crippen LogP contribution in [0.15, 0.2) is 53.1 Å². The van der Waals surface area contributed by atoms with Gasteiger partial charge in [-0.25, -0.2) is 4.98 Å². The maximum atomic E-state index is 13.1. The number of amides is 1. The van der Waals surface area contributed by atoms with Gasteiger partial charge in [-0.15, -0.1) is 0 Å². The molecule has 4 rings (SSSR count). The van der Waals surface area contributed by atoms with Crippen molar-refractivity contribution in [1.29, 1.82) is 0 Å². The van der Waals surface area contributed by atoms with Crippen LogP contribution >= 0.6 is 22.9 Å². The van der Waals surface area contributed by atoms with Crippen LogP contribution in [0.3, 0.4) is 0 Å². The highest BCUT2D eigenvalue weighted by atomic mass is 35.5. The molecule has 4 aromatic rings. The van der Waals surface area contributed by atoms with E-state index in [-0.39, 0.29) is 11.6 Å². The molecule has 0 atom stereocenters. The zero-order valence-electron chi connectivity index (χ0n) is 14.8. The number of hydrogen-bond acceptors (Lipinski definition) is 5. The van der Waals surface area contributed by atoms with E-state index in [1.807, 2.05) is 49.4 Å². The number of carbonyl (C=O) groups excluding carboxylic acids is 1. The molecule has 0 aliphatic heterocycles. The molecule has 0 fully saturated rings. The Bertz CT molecular complexity index is 1080. The van der Waals surface area contributed by atoms with E-state index in [1.165, 1.54) is 11.3 Å².